The number of hydrogen-bond donors (Lipinski definition) is 2. The van der Waals surface area contributed by atoms with Gasteiger partial charge in [0, 0.05) is 17.7 Å². The molecule has 0 atom stereocenters. The lowest BCUT2D eigenvalue weighted by Crippen LogP contribution is -2.20. The Morgan fingerprint density at radius 1 is 0.926 bits per heavy atom. The SMILES string of the molecule is O=C1CCc2cc(C(=O)Nc3ccccc3Oc3ccccc3)ccc2N1. The number of fused-ring (bicyclic) bond motifs is 1. The van der Waals surface area contributed by atoms with E-state index in [9.17, 15) is 9.59 Å². The molecule has 3 aromatic rings. The second-order valence-electron chi connectivity index (χ2n) is 6.29. The molecule has 0 fully saturated rings. The maximum Gasteiger partial charge on any atom is 0.255 e. The number of hydrogen-bond acceptors (Lipinski definition) is 3. The number of para-hydroxylation sites is 3. The zero-order valence-corrected chi connectivity index (χ0v) is 14.6. The Hall–Kier alpha value is -3.60. The van der Waals surface area contributed by atoms with Crippen LogP contribution < -0.4 is 15.4 Å². The summed E-state index contributed by atoms with van der Waals surface area (Å²) in [4.78, 5) is 24.2. The summed E-state index contributed by atoms with van der Waals surface area (Å²) < 4.78 is 5.89. The van der Waals surface area contributed by atoms with Crippen LogP contribution in [0.2, 0.25) is 0 Å². The van der Waals surface area contributed by atoms with Crippen molar-refractivity contribution in [2.24, 2.45) is 0 Å². The second-order valence-corrected chi connectivity index (χ2v) is 6.29. The van der Waals surface area contributed by atoms with Crippen molar-refractivity contribution in [3.05, 3.63) is 83.9 Å². The molecule has 0 saturated heterocycles. The molecule has 1 heterocycles. The van der Waals surface area contributed by atoms with Gasteiger partial charge in [0.25, 0.3) is 5.91 Å². The van der Waals surface area contributed by atoms with Gasteiger partial charge in [-0.3, -0.25) is 9.59 Å². The van der Waals surface area contributed by atoms with E-state index >= 15 is 0 Å². The molecule has 4 rings (SSSR count). The minimum Gasteiger partial charge on any atom is -0.455 e. The van der Waals surface area contributed by atoms with Gasteiger partial charge in [-0.15, -0.1) is 0 Å². The molecule has 27 heavy (non-hydrogen) atoms. The summed E-state index contributed by atoms with van der Waals surface area (Å²) >= 11 is 0. The van der Waals surface area contributed by atoms with E-state index in [-0.39, 0.29) is 11.8 Å². The van der Waals surface area contributed by atoms with Gasteiger partial charge in [-0.05, 0) is 54.4 Å². The number of carbonyl (C=O) groups excluding carboxylic acids is 2. The molecule has 134 valence electrons. The molecular formula is C22H18N2O3. The number of benzene rings is 3. The summed E-state index contributed by atoms with van der Waals surface area (Å²) in [6.07, 6.45) is 1.07. The van der Waals surface area contributed by atoms with E-state index in [4.69, 9.17) is 4.74 Å². The van der Waals surface area contributed by atoms with Crippen molar-refractivity contribution in [3.8, 4) is 11.5 Å². The number of anilines is 2. The summed E-state index contributed by atoms with van der Waals surface area (Å²) in [5.74, 6) is 1.05. The van der Waals surface area contributed by atoms with Crippen LogP contribution in [0.15, 0.2) is 72.8 Å². The molecule has 3 aromatic carbocycles. The average Bonchev–Trinajstić information content (AvgIpc) is 2.70. The molecule has 1 aliphatic rings. The van der Waals surface area contributed by atoms with Gasteiger partial charge in [0.1, 0.15) is 5.75 Å². The Balaban J connectivity index is 1.54. The molecule has 0 aliphatic carbocycles. The van der Waals surface area contributed by atoms with Gasteiger partial charge < -0.3 is 15.4 Å². The van der Waals surface area contributed by atoms with E-state index in [0.29, 0.717) is 35.6 Å². The molecule has 0 spiro atoms. The molecule has 0 unspecified atom stereocenters. The van der Waals surface area contributed by atoms with Crippen molar-refractivity contribution in [1.82, 2.24) is 0 Å². The largest absolute Gasteiger partial charge is 0.455 e. The van der Waals surface area contributed by atoms with Gasteiger partial charge in [0.05, 0.1) is 5.69 Å². The summed E-state index contributed by atoms with van der Waals surface area (Å²) in [7, 11) is 0. The summed E-state index contributed by atoms with van der Waals surface area (Å²) in [6, 6.07) is 22.0. The highest BCUT2D eigenvalue weighted by atomic mass is 16.5. The molecule has 2 N–H and O–H groups in total. The molecule has 2 amide bonds. The molecule has 0 bridgehead atoms. The van der Waals surface area contributed by atoms with Gasteiger partial charge in [-0.25, -0.2) is 0 Å². The highest BCUT2D eigenvalue weighted by Gasteiger charge is 2.17. The fourth-order valence-electron chi connectivity index (χ4n) is 2.99. The molecule has 5 nitrogen and oxygen atoms in total. The molecule has 0 aromatic heterocycles. The van der Waals surface area contributed by atoms with Crippen LogP contribution in [-0.4, -0.2) is 11.8 Å². The van der Waals surface area contributed by atoms with Crippen LogP contribution in [-0.2, 0) is 11.2 Å². The third-order valence-corrected chi connectivity index (χ3v) is 4.37. The summed E-state index contributed by atoms with van der Waals surface area (Å²) in [5, 5.41) is 5.73. The van der Waals surface area contributed by atoms with Crippen molar-refractivity contribution in [1.29, 1.82) is 0 Å². The van der Waals surface area contributed by atoms with Crippen LogP contribution in [0.5, 0.6) is 11.5 Å². The van der Waals surface area contributed by atoms with E-state index in [2.05, 4.69) is 10.6 Å². The standard InChI is InChI=1S/C22H18N2O3/c25-21-13-11-15-14-16(10-12-18(15)23-21)22(26)24-19-8-4-5-9-20(19)27-17-6-2-1-3-7-17/h1-10,12,14H,11,13H2,(H,23,25)(H,24,26). The Bertz CT molecular complexity index is 999. The van der Waals surface area contributed by atoms with Crippen molar-refractivity contribution in [2.75, 3.05) is 10.6 Å². The Morgan fingerprint density at radius 2 is 1.70 bits per heavy atom. The van der Waals surface area contributed by atoms with E-state index < -0.39 is 0 Å². The predicted molar refractivity (Wildman–Crippen MR) is 104 cm³/mol. The lowest BCUT2D eigenvalue weighted by molar-refractivity contribution is -0.116. The van der Waals surface area contributed by atoms with Gasteiger partial charge in [-0.2, -0.15) is 0 Å². The van der Waals surface area contributed by atoms with Crippen molar-refractivity contribution in [2.45, 2.75) is 12.8 Å². The second kappa shape index (κ2) is 7.33. The fourth-order valence-corrected chi connectivity index (χ4v) is 2.99. The lowest BCUT2D eigenvalue weighted by atomic mass is 10.00. The van der Waals surface area contributed by atoms with Crippen LogP contribution in [0.25, 0.3) is 0 Å². The smallest absolute Gasteiger partial charge is 0.255 e. The van der Waals surface area contributed by atoms with Gasteiger partial charge in [0.15, 0.2) is 5.75 Å². The normalized spacial score (nSPS) is 12.7. The quantitative estimate of drug-likeness (QED) is 0.715. The first kappa shape index (κ1) is 16.8. The molecular weight excluding hydrogens is 340 g/mol. The Morgan fingerprint density at radius 3 is 2.56 bits per heavy atom. The van der Waals surface area contributed by atoms with Crippen LogP contribution in [0.1, 0.15) is 22.3 Å². The maximum absolute atomic E-state index is 12.7. The zero-order chi connectivity index (χ0) is 18.6. The number of rotatable bonds is 4. The van der Waals surface area contributed by atoms with Crippen LogP contribution in [0.3, 0.4) is 0 Å². The van der Waals surface area contributed by atoms with E-state index in [1.54, 1.807) is 18.2 Å². The van der Waals surface area contributed by atoms with Crippen molar-refractivity contribution >= 4 is 23.2 Å². The number of amides is 2. The third-order valence-electron chi connectivity index (χ3n) is 4.37. The topological polar surface area (TPSA) is 67.4 Å². The molecule has 1 aliphatic heterocycles. The monoisotopic (exact) mass is 358 g/mol. The van der Waals surface area contributed by atoms with E-state index in [0.717, 1.165) is 11.3 Å². The average molecular weight is 358 g/mol. The molecule has 0 saturated carbocycles. The van der Waals surface area contributed by atoms with Gasteiger partial charge in [-0.1, -0.05) is 30.3 Å². The highest BCUT2D eigenvalue weighted by Crippen LogP contribution is 2.30. The molecule has 0 radical (unpaired) electrons. The summed E-state index contributed by atoms with van der Waals surface area (Å²) in [6.45, 7) is 0. The van der Waals surface area contributed by atoms with Crippen LogP contribution >= 0.6 is 0 Å². The van der Waals surface area contributed by atoms with E-state index in [1.165, 1.54) is 0 Å². The third kappa shape index (κ3) is 3.82. The Labute approximate surface area is 157 Å². The van der Waals surface area contributed by atoms with Gasteiger partial charge >= 0.3 is 0 Å². The minimum absolute atomic E-state index is 0.00619. The lowest BCUT2D eigenvalue weighted by Gasteiger charge is -2.17. The minimum atomic E-state index is -0.223. The van der Waals surface area contributed by atoms with Crippen LogP contribution in [0.4, 0.5) is 11.4 Å². The maximum atomic E-state index is 12.7. The fraction of sp³-hybridized carbons (Fsp3) is 0.0909. The zero-order valence-electron chi connectivity index (χ0n) is 14.6. The Kier molecular flexibility index (Phi) is 4.58. The number of aryl methyl sites for hydroxylation is 1. The number of carbonyl (C=O) groups is 2. The van der Waals surface area contributed by atoms with Gasteiger partial charge in [0.2, 0.25) is 5.91 Å². The van der Waals surface area contributed by atoms with Crippen molar-refractivity contribution in [3.63, 3.8) is 0 Å². The first-order valence-electron chi connectivity index (χ1n) is 8.75. The first-order chi connectivity index (χ1) is 13.2. The first-order valence-corrected chi connectivity index (χ1v) is 8.75. The highest BCUT2D eigenvalue weighted by molar-refractivity contribution is 6.06. The summed E-state index contributed by atoms with van der Waals surface area (Å²) in [5.41, 5.74) is 2.88. The van der Waals surface area contributed by atoms with Crippen molar-refractivity contribution < 1.29 is 14.3 Å². The van der Waals surface area contributed by atoms with Crippen LogP contribution in [0, 0.1) is 0 Å². The number of nitrogens with one attached hydrogen (secondary N) is 2. The molecule has 5 heteroatoms. The van der Waals surface area contributed by atoms with E-state index in [1.807, 2.05) is 54.6 Å². The number of ether oxygens (including phenoxy) is 1. The predicted octanol–water partition coefficient (Wildman–Crippen LogP) is 4.62.